The number of carbonyl (C=O) groups is 1. The molecule has 0 aliphatic carbocycles. The molecule has 4 nitrogen and oxygen atoms in total. The lowest BCUT2D eigenvalue weighted by atomic mass is 10.1. The van der Waals surface area contributed by atoms with Crippen LogP contribution in [-0.4, -0.2) is 29.4 Å². The summed E-state index contributed by atoms with van der Waals surface area (Å²) in [6, 6.07) is 3.41. The van der Waals surface area contributed by atoms with Gasteiger partial charge in [0.2, 0.25) is 0 Å². The van der Waals surface area contributed by atoms with Crippen molar-refractivity contribution in [3.05, 3.63) is 24.0 Å². The van der Waals surface area contributed by atoms with E-state index in [1.54, 1.807) is 30.3 Å². The zero-order chi connectivity index (χ0) is 12.1. The summed E-state index contributed by atoms with van der Waals surface area (Å²) in [7, 11) is 1.78. The largest absolute Gasteiger partial charge is 0.397 e. The van der Waals surface area contributed by atoms with E-state index in [0.29, 0.717) is 17.3 Å². The van der Waals surface area contributed by atoms with Crippen molar-refractivity contribution in [1.29, 1.82) is 0 Å². The maximum absolute atomic E-state index is 12.0. The Morgan fingerprint density at radius 1 is 1.62 bits per heavy atom. The molecule has 0 saturated heterocycles. The van der Waals surface area contributed by atoms with E-state index in [9.17, 15) is 4.79 Å². The molecule has 1 aromatic heterocycles. The van der Waals surface area contributed by atoms with Gasteiger partial charge in [0.1, 0.15) is 0 Å². The van der Waals surface area contributed by atoms with Gasteiger partial charge in [-0.25, -0.2) is 4.98 Å². The quantitative estimate of drug-likeness (QED) is 0.843. The van der Waals surface area contributed by atoms with Gasteiger partial charge >= 0.3 is 0 Å². The fourth-order valence-electron chi connectivity index (χ4n) is 1.46. The molecule has 1 rings (SSSR count). The van der Waals surface area contributed by atoms with Crippen LogP contribution in [0.15, 0.2) is 18.3 Å². The van der Waals surface area contributed by atoms with Gasteiger partial charge in [0.15, 0.2) is 5.69 Å². The molecule has 0 aromatic carbocycles. The van der Waals surface area contributed by atoms with Crippen molar-refractivity contribution in [3.8, 4) is 0 Å². The molecule has 1 atom stereocenters. The average molecular weight is 221 g/mol. The van der Waals surface area contributed by atoms with E-state index in [1.807, 2.05) is 0 Å². The molecule has 0 aliphatic heterocycles. The van der Waals surface area contributed by atoms with Crippen LogP contribution in [0.2, 0.25) is 0 Å². The van der Waals surface area contributed by atoms with Crippen molar-refractivity contribution in [2.24, 2.45) is 5.92 Å². The lowest BCUT2D eigenvalue weighted by Crippen LogP contribution is -2.32. The van der Waals surface area contributed by atoms with Gasteiger partial charge in [-0.05, 0) is 18.1 Å². The molecule has 0 saturated carbocycles. The van der Waals surface area contributed by atoms with Gasteiger partial charge in [0.05, 0.1) is 5.69 Å². The molecule has 16 heavy (non-hydrogen) atoms. The number of amides is 1. The minimum absolute atomic E-state index is 0.113. The summed E-state index contributed by atoms with van der Waals surface area (Å²) in [4.78, 5) is 17.7. The zero-order valence-electron chi connectivity index (χ0n) is 10.1. The first-order chi connectivity index (χ1) is 7.56. The molecular weight excluding hydrogens is 202 g/mol. The van der Waals surface area contributed by atoms with Crippen LogP contribution in [0.4, 0.5) is 5.69 Å². The SMILES string of the molecule is CCC(C)CN(C)C(=O)c1ncccc1N. The molecule has 2 N–H and O–H groups in total. The molecule has 0 bridgehead atoms. The summed E-state index contributed by atoms with van der Waals surface area (Å²) in [6.45, 7) is 4.95. The second kappa shape index (κ2) is 5.49. The number of nitrogens with two attached hydrogens (primary N) is 1. The Morgan fingerprint density at radius 2 is 2.31 bits per heavy atom. The van der Waals surface area contributed by atoms with Gasteiger partial charge < -0.3 is 10.6 Å². The minimum atomic E-state index is -0.113. The minimum Gasteiger partial charge on any atom is -0.397 e. The third-order valence-corrected chi connectivity index (χ3v) is 2.67. The van der Waals surface area contributed by atoms with Crippen LogP contribution in [0.25, 0.3) is 0 Å². The van der Waals surface area contributed by atoms with Crippen molar-refractivity contribution >= 4 is 11.6 Å². The number of aromatic nitrogens is 1. The van der Waals surface area contributed by atoms with Crippen LogP contribution in [0.1, 0.15) is 30.8 Å². The predicted molar refractivity (Wildman–Crippen MR) is 65.1 cm³/mol. The predicted octanol–water partition coefficient (Wildman–Crippen LogP) is 1.78. The number of hydrogen-bond acceptors (Lipinski definition) is 3. The van der Waals surface area contributed by atoms with E-state index >= 15 is 0 Å². The average Bonchev–Trinajstić information content (AvgIpc) is 2.28. The summed E-state index contributed by atoms with van der Waals surface area (Å²) in [5.41, 5.74) is 6.49. The highest BCUT2D eigenvalue weighted by molar-refractivity contribution is 5.96. The third kappa shape index (κ3) is 2.95. The van der Waals surface area contributed by atoms with Gasteiger partial charge in [0.25, 0.3) is 5.91 Å². The topological polar surface area (TPSA) is 59.2 Å². The number of nitrogen functional groups attached to an aromatic ring is 1. The Morgan fingerprint density at radius 3 is 2.88 bits per heavy atom. The van der Waals surface area contributed by atoms with Gasteiger partial charge in [-0.2, -0.15) is 0 Å². The van der Waals surface area contributed by atoms with Crippen molar-refractivity contribution in [1.82, 2.24) is 9.88 Å². The fourth-order valence-corrected chi connectivity index (χ4v) is 1.46. The summed E-state index contributed by atoms with van der Waals surface area (Å²) >= 11 is 0. The van der Waals surface area contributed by atoms with Crippen LogP contribution >= 0.6 is 0 Å². The molecule has 1 amide bonds. The molecule has 4 heteroatoms. The number of nitrogens with zero attached hydrogens (tertiary/aromatic N) is 2. The monoisotopic (exact) mass is 221 g/mol. The molecule has 0 radical (unpaired) electrons. The number of hydrogen-bond donors (Lipinski definition) is 1. The molecular formula is C12H19N3O. The molecule has 88 valence electrons. The number of anilines is 1. The van der Waals surface area contributed by atoms with E-state index in [1.165, 1.54) is 0 Å². The smallest absolute Gasteiger partial charge is 0.274 e. The summed E-state index contributed by atoms with van der Waals surface area (Å²) in [6.07, 6.45) is 2.63. The van der Waals surface area contributed by atoms with Crippen LogP contribution in [-0.2, 0) is 0 Å². The van der Waals surface area contributed by atoms with Gasteiger partial charge in [0, 0.05) is 19.8 Å². The molecule has 0 aliphatic rings. The first-order valence-corrected chi connectivity index (χ1v) is 5.52. The Labute approximate surface area is 96.5 Å². The number of rotatable bonds is 4. The van der Waals surface area contributed by atoms with Crippen molar-refractivity contribution in [2.45, 2.75) is 20.3 Å². The molecule has 0 spiro atoms. The van der Waals surface area contributed by atoms with E-state index in [-0.39, 0.29) is 5.91 Å². The third-order valence-electron chi connectivity index (χ3n) is 2.67. The lowest BCUT2D eigenvalue weighted by Gasteiger charge is -2.20. The van der Waals surface area contributed by atoms with Gasteiger partial charge in [-0.1, -0.05) is 20.3 Å². The van der Waals surface area contributed by atoms with Crippen LogP contribution in [0, 0.1) is 5.92 Å². The van der Waals surface area contributed by atoms with Crippen molar-refractivity contribution in [2.75, 3.05) is 19.3 Å². The molecule has 0 fully saturated rings. The zero-order valence-corrected chi connectivity index (χ0v) is 10.1. The fraction of sp³-hybridized carbons (Fsp3) is 0.500. The second-order valence-electron chi connectivity index (χ2n) is 4.14. The maximum Gasteiger partial charge on any atom is 0.274 e. The van der Waals surface area contributed by atoms with Gasteiger partial charge in [-0.15, -0.1) is 0 Å². The number of carbonyl (C=O) groups excluding carboxylic acids is 1. The Hall–Kier alpha value is -1.58. The summed E-state index contributed by atoms with van der Waals surface area (Å²) < 4.78 is 0. The van der Waals surface area contributed by atoms with E-state index in [2.05, 4.69) is 18.8 Å². The Kier molecular flexibility index (Phi) is 4.28. The van der Waals surface area contributed by atoms with E-state index < -0.39 is 0 Å². The van der Waals surface area contributed by atoms with Gasteiger partial charge in [-0.3, -0.25) is 4.79 Å². The molecule has 1 aromatic rings. The van der Waals surface area contributed by atoms with Crippen LogP contribution in [0.3, 0.4) is 0 Å². The van der Waals surface area contributed by atoms with Crippen molar-refractivity contribution < 1.29 is 4.79 Å². The lowest BCUT2D eigenvalue weighted by molar-refractivity contribution is 0.0770. The van der Waals surface area contributed by atoms with Crippen LogP contribution < -0.4 is 5.73 Å². The summed E-state index contributed by atoms with van der Waals surface area (Å²) in [5.74, 6) is 0.372. The Balaban J connectivity index is 2.75. The number of pyridine rings is 1. The second-order valence-corrected chi connectivity index (χ2v) is 4.14. The summed E-state index contributed by atoms with van der Waals surface area (Å²) in [5, 5.41) is 0. The highest BCUT2D eigenvalue weighted by Gasteiger charge is 2.16. The standard InChI is InChI=1S/C12H19N3O/c1-4-9(2)8-15(3)12(16)11-10(13)6-5-7-14-11/h5-7,9H,4,8,13H2,1-3H3. The Bertz CT molecular complexity index is 365. The highest BCUT2D eigenvalue weighted by atomic mass is 16.2. The van der Waals surface area contributed by atoms with Crippen molar-refractivity contribution in [3.63, 3.8) is 0 Å². The van der Waals surface area contributed by atoms with Crippen LogP contribution in [0.5, 0.6) is 0 Å². The first-order valence-electron chi connectivity index (χ1n) is 5.52. The molecule has 1 unspecified atom stereocenters. The maximum atomic E-state index is 12.0. The normalized spacial score (nSPS) is 12.2. The van der Waals surface area contributed by atoms with E-state index in [0.717, 1.165) is 13.0 Å². The first kappa shape index (κ1) is 12.5. The van der Waals surface area contributed by atoms with E-state index in [4.69, 9.17) is 5.73 Å². The molecule has 1 heterocycles. The highest BCUT2D eigenvalue weighted by Crippen LogP contribution is 2.11.